The lowest BCUT2D eigenvalue weighted by atomic mass is 10.0. The number of nitrogens with one attached hydrogen (secondary N) is 1. The van der Waals surface area contributed by atoms with Crippen LogP contribution >= 0.6 is 0 Å². The molecule has 10 heteroatoms. The van der Waals surface area contributed by atoms with Gasteiger partial charge < -0.3 is 43.2 Å². The summed E-state index contributed by atoms with van der Waals surface area (Å²) in [5, 5.41) is 3.00. The van der Waals surface area contributed by atoms with Gasteiger partial charge in [-0.05, 0) is 36.2 Å². The standard InChI is InChI=1S/C34H43NO9/c1-27(25-28-7-3-2-4-8-28)34(36)35-29-11-12-32-33(26-29)44-24-20-40-16-15-38-18-22-42-31-10-6-5-9-30(31)41-21-17-37-13-14-39-19-23-43-32/h2-12,26-27H,13-25H2,1H3,(H,35,36)/t27-/m0/s1. The van der Waals surface area contributed by atoms with Crippen molar-refractivity contribution in [3.63, 3.8) is 0 Å². The van der Waals surface area contributed by atoms with E-state index in [9.17, 15) is 4.79 Å². The highest BCUT2D eigenvalue weighted by atomic mass is 16.6. The molecule has 0 aliphatic carbocycles. The number of carbonyl (C=O) groups is 1. The lowest BCUT2D eigenvalue weighted by Gasteiger charge is -2.17. The molecule has 0 spiro atoms. The van der Waals surface area contributed by atoms with Crippen molar-refractivity contribution in [3.8, 4) is 23.0 Å². The first kappa shape index (κ1) is 33.1. The van der Waals surface area contributed by atoms with Crippen molar-refractivity contribution in [2.24, 2.45) is 5.92 Å². The SMILES string of the molecule is C[C@@H](Cc1ccccc1)C(=O)Nc1ccc2c(c1)OCCOCCOCCOc1ccccc1OCCOCCOCCO2. The predicted molar refractivity (Wildman–Crippen MR) is 166 cm³/mol. The van der Waals surface area contributed by atoms with Crippen LogP contribution in [-0.2, 0) is 30.2 Å². The number of rotatable bonds is 4. The molecule has 0 bridgehead atoms. The number of benzene rings is 3. The summed E-state index contributed by atoms with van der Waals surface area (Å²) in [7, 11) is 0. The molecular formula is C34H43NO9. The third-order valence-electron chi connectivity index (χ3n) is 6.58. The highest BCUT2D eigenvalue weighted by Gasteiger charge is 2.15. The van der Waals surface area contributed by atoms with Crippen LogP contribution in [0.4, 0.5) is 5.69 Å². The molecule has 238 valence electrons. The lowest BCUT2D eigenvalue weighted by molar-refractivity contribution is -0.119. The third kappa shape index (κ3) is 12.0. The fourth-order valence-corrected chi connectivity index (χ4v) is 4.32. The summed E-state index contributed by atoms with van der Waals surface area (Å²) in [4.78, 5) is 12.9. The summed E-state index contributed by atoms with van der Waals surface area (Å²) in [6, 6.07) is 22.8. The predicted octanol–water partition coefficient (Wildman–Crippen LogP) is 4.80. The van der Waals surface area contributed by atoms with E-state index < -0.39 is 0 Å². The average molecular weight is 610 g/mol. The van der Waals surface area contributed by atoms with Gasteiger partial charge in [0.2, 0.25) is 5.91 Å². The van der Waals surface area contributed by atoms with E-state index in [2.05, 4.69) is 5.32 Å². The average Bonchev–Trinajstić information content (AvgIpc) is 3.04. The molecule has 0 aromatic heterocycles. The van der Waals surface area contributed by atoms with Crippen molar-refractivity contribution < 1.29 is 42.7 Å². The van der Waals surface area contributed by atoms with E-state index in [0.29, 0.717) is 114 Å². The lowest BCUT2D eigenvalue weighted by Crippen LogP contribution is -2.22. The highest BCUT2D eigenvalue weighted by Crippen LogP contribution is 2.31. The smallest absolute Gasteiger partial charge is 0.227 e. The molecule has 1 amide bonds. The zero-order valence-corrected chi connectivity index (χ0v) is 25.4. The molecule has 0 unspecified atom stereocenters. The zero-order chi connectivity index (χ0) is 30.7. The second kappa shape index (κ2) is 19.4. The monoisotopic (exact) mass is 609 g/mol. The first-order valence-electron chi connectivity index (χ1n) is 15.1. The van der Waals surface area contributed by atoms with E-state index in [4.69, 9.17) is 37.9 Å². The number of anilines is 1. The van der Waals surface area contributed by atoms with Crippen LogP contribution in [0, 0.1) is 5.92 Å². The van der Waals surface area contributed by atoms with Crippen molar-refractivity contribution in [1.29, 1.82) is 0 Å². The molecule has 0 radical (unpaired) electrons. The highest BCUT2D eigenvalue weighted by molar-refractivity contribution is 5.92. The zero-order valence-electron chi connectivity index (χ0n) is 25.4. The maximum absolute atomic E-state index is 12.9. The number of carbonyl (C=O) groups excluding carboxylic acids is 1. The number of hydrogen-bond acceptors (Lipinski definition) is 9. The van der Waals surface area contributed by atoms with Crippen LogP contribution < -0.4 is 24.3 Å². The van der Waals surface area contributed by atoms with E-state index >= 15 is 0 Å². The molecule has 10 nitrogen and oxygen atoms in total. The number of ether oxygens (including phenoxy) is 8. The van der Waals surface area contributed by atoms with E-state index in [0.717, 1.165) is 5.56 Å². The second-order valence-electron chi connectivity index (χ2n) is 10.0. The maximum atomic E-state index is 12.9. The van der Waals surface area contributed by atoms with Crippen LogP contribution in [0.25, 0.3) is 0 Å². The van der Waals surface area contributed by atoms with E-state index in [1.54, 1.807) is 18.2 Å². The minimum atomic E-state index is -0.202. The van der Waals surface area contributed by atoms with Crippen molar-refractivity contribution >= 4 is 11.6 Å². The molecule has 1 atom stereocenters. The van der Waals surface area contributed by atoms with Crippen LogP contribution in [0.2, 0.25) is 0 Å². The van der Waals surface area contributed by atoms with Gasteiger partial charge in [-0.2, -0.15) is 0 Å². The van der Waals surface area contributed by atoms with Gasteiger partial charge in [0.1, 0.15) is 26.4 Å². The Labute approximate surface area is 259 Å². The molecule has 1 N–H and O–H groups in total. The molecular weight excluding hydrogens is 566 g/mol. The third-order valence-corrected chi connectivity index (χ3v) is 6.58. The Balaban J connectivity index is 1.29. The largest absolute Gasteiger partial charge is 0.487 e. The van der Waals surface area contributed by atoms with E-state index in [1.807, 2.05) is 61.5 Å². The van der Waals surface area contributed by atoms with Gasteiger partial charge >= 0.3 is 0 Å². The van der Waals surface area contributed by atoms with Crippen molar-refractivity contribution in [2.75, 3.05) is 84.6 Å². The van der Waals surface area contributed by atoms with Gasteiger partial charge in [0.25, 0.3) is 0 Å². The Kier molecular flexibility index (Phi) is 14.6. The van der Waals surface area contributed by atoms with Gasteiger partial charge in [-0.3, -0.25) is 4.79 Å². The molecule has 0 saturated carbocycles. The minimum absolute atomic E-state index is 0.0698. The molecule has 1 aliphatic rings. The van der Waals surface area contributed by atoms with E-state index in [-0.39, 0.29) is 11.8 Å². The topological polar surface area (TPSA) is 103 Å². The summed E-state index contributed by atoms with van der Waals surface area (Å²) >= 11 is 0. The van der Waals surface area contributed by atoms with Gasteiger partial charge in [0.15, 0.2) is 23.0 Å². The molecule has 4 rings (SSSR count). The van der Waals surface area contributed by atoms with Crippen molar-refractivity contribution in [2.45, 2.75) is 13.3 Å². The van der Waals surface area contributed by atoms with Crippen LogP contribution in [0.3, 0.4) is 0 Å². The van der Waals surface area contributed by atoms with Crippen molar-refractivity contribution in [3.05, 3.63) is 78.4 Å². The Morgan fingerprint density at radius 1 is 0.568 bits per heavy atom. The number of hydrogen-bond donors (Lipinski definition) is 1. The van der Waals surface area contributed by atoms with Crippen LogP contribution in [0.1, 0.15) is 12.5 Å². The number of para-hydroxylation sites is 2. The molecule has 0 saturated heterocycles. The van der Waals surface area contributed by atoms with Gasteiger partial charge in [0.05, 0.1) is 52.9 Å². The maximum Gasteiger partial charge on any atom is 0.227 e. The van der Waals surface area contributed by atoms with Crippen LogP contribution in [0.15, 0.2) is 72.8 Å². The van der Waals surface area contributed by atoms with Gasteiger partial charge in [-0.15, -0.1) is 0 Å². The Morgan fingerprint density at radius 2 is 1.00 bits per heavy atom. The van der Waals surface area contributed by atoms with Gasteiger partial charge in [-0.25, -0.2) is 0 Å². The van der Waals surface area contributed by atoms with Gasteiger partial charge in [0, 0.05) is 17.7 Å². The normalized spacial score (nSPS) is 17.0. The summed E-state index contributed by atoms with van der Waals surface area (Å²) < 4.78 is 46.2. The number of amides is 1. The summed E-state index contributed by atoms with van der Waals surface area (Å²) in [5.41, 5.74) is 1.74. The number of fused-ring (bicyclic) bond motifs is 2. The fraction of sp³-hybridized carbons (Fsp3) is 0.441. The second-order valence-corrected chi connectivity index (χ2v) is 10.0. The van der Waals surface area contributed by atoms with E-state index in [1.165, 1.54) is 0 Å². The first-order valence-corrected chi connectivity index (χ1v) is 15.1. The Bertz CT molecular complexity index is 1240. The molecule has 3 aromatic carbocycles. The fourth-order valence-electron chi connectivity index (χ4n) is 4.32. The Hall–Kier alpha value is -3.83. The first-order chi connectivity index (χ1) is 21.7. The van der Waals surface area contributed by atoms with Crippen LogP contribution in [0.5, 0.6) is 23.0 Å². The molecule has 44 heavy (non-hydrogen) atoms. The quantitative estimate of drug-likeness (QED) is 0.447. The van der Waals surface area contributed by atoms with Crippen molar-refractivity contribution in [1.82, 2.24) is 0 Å². The summed E-state index contributed by atoms with van der Waals surface area (Å²) in [5.74, 6) is 2.11. The Morgan fingerprint density at radius 3 is 1.52 bits per heavy atom. The molecule has 0 fully saturated rings. The van der Waals surface area contributed by atoms with Gasteiger partial charge in [-0.1, -0.05) is 49.4 Å². The molecule has 1 heterocycles. The summed E-state index contributed by atoms with van der Waals surface area (Å²) in [6.45, 7) is 6.59. The summed E-state index contributed by atoms with van der Waals surface area (Å²) in [6.07, 6.45) is 0.651. The molecule has 3 aromatic rings. The van der Waals surface area contributed by atoms with Crippen LogP contribution in [-0.4, -0.2) is 85.2 Å². The molecule has 1 aliphatic heterocycles. The minimum Gasteiger partial charge on any atom is -0.487 e.